The standard InChI is InChI=1S/C20H28N2O3/c1-14-2-4-17(19(8-14)25-13-16-6-7-24-12-16)10-21-20(23)22-11-15-3-5-18(22)9-15/h2,4,8,15-16,18H,3,5-7,9-13H2,1H3,(H,21,23)/t15-,16+,18-/m0/s1. The van der Waals surface area contributed by atoms with Gasteiger partial charge in [-0.1, -0.05) is 12.1 Å². The molecule has 4 rings (SSSR count). The first-order chi connectivity index (χ1) is 12.2. The van der Waals surface area contributed by atoms with E-state index in [1.54, 1.807) is 0 Å². The molecule has 1 aromatic carbocycles. The molecule has 136 valence electrons. The predicted octanol–water partition coefficient (Wildman–Crippen LogP) is 3.10. The highest BCUT2D eigenvalue weighted by molar-refractivity contribution is 5.75. The summed E-state index contributed by atoms with van der Waals surface area (Å²) in [6.07, 6.45) is 4.71. The summed E-state index contributed by atoms with van der Waals surface area (Å²) in [6.45, 7) is 5.81. The van der Waals surface area contributed by atoms with E-state index >= 15 is 0 Å². The number of hydrogen-bond acceptors (Lipinski definition) is 3. The fraction of sp³-hybridized carbons (Fsp3) is 0.650. The zero-order valence-corrected chi connectivity index (χ0v) is 15.0. The number of carbonyl (C=O) groups is 1. The van der Waals surface area contributed by atoms with Crippen molar-refractivity contribution >= 4 is 6.03 Å². The molecule has 0 aromatic heterocycles. The van der Waals surface area contributed by atoms with E-state index in [0.29, 0.717) is 25.1 Å². The molecule has 2 heterocycles. The van der Waals surface area contributed by atoms with Gasteiger partial charge in [-0.2, -0.15) is 0 Å². The summed E-state index contributed by atoms with van der Waals surface area (Å²) in [4.78, 5) is 14.5. The van der Waals surface area contributed by atoms with Crippen LogP contribution in [0.25, 0.3) is 0 Å². The molecule has 0 spiro atoms. The number of amides is 2. The molecule has 1 aliphatic carbocycles. The summed E-state index contributed by atoms with van der Waals surface area (Å²) < 4.78 is 11.5. The van der Waals surface area contributed by atoms with Gasteiger partial charge in [0, 0.05) is 37.2 Å². The van der Waals surface area contributed by atoms with E-state index in [-0.39, 0.29) is 6.03 Å². The second kappa shape index (κ2) is 7.24. The molecule has 2 saturated heterocycles. The molecule has 1 aromatic rings. The molecular weight excluding hydrogens is 316 g/mol. The van der Waals surface area contributed by atoms with Crippen LogP contribution in [0.5, 0.6) is 5.75 Å². The van der Waals surface area contributed by atoms with Crippen LogP contribution in [0, 0.1) is 18.8 Å². The number of benzene rings is 1. The second-order valence-corrected chi connectivity index (χ2v) is 7.80. The number of hydrogen-bond donors (Lipinski definition) is 1. The average molecular weight is 344 g/mol. The Morgan fingerprint density at radius 1 is 1.36 bits per heavy atom. The number of fused-ring (bicyclic) bond motifs is 2. The van der Waals surface area contributed by atoms with Crippen molar-refractivity contribution in [1.82, 2.24) is 10.2 Å². The third kappa shape index (κ3) is 3.76. The lowest BCUT2D eigenvalue weighted by Crippen LogP contribution is -2.44. The summed E-state index contributed by atoms with van der Waals surface area (Å²) in [5.74, 6) is 2.08. The minimum absolute atomic E-state index is 0.0721. The zero-order chi connectivity index (χ0) is 17.2. The Hall–Kier alpha value is -1.75. The first-order valence-corrected chi connectivity index (χ1v) is 9.53. The number of urea groups is 1. The van der Waals surface area contributed by atoms with Crippen molar-refractivity contribution in [3.05, 3.63) is 29.3 Å². The lowest BCUT2D eigenvalue weighted by molar-refractivity contribution is 0.166. The first-order valence-electron chi connectivity index (χ1n) is 9.53. The van der Waals surface area contributed by atoms with Gasteiger partial charge in [0.2, 0.25) is 0 Å². The van der Waals surface area contributed by atoms with Crippen LogP contribution >= 0.6 is 0 Å². The maximum atomic E-state index is 12.5. The Labute approximate surface area is 149 Å². The summed E-state index contributed by atoms with van der Waals surface area (Å²) in [6, 6.07) is 6.73. The van der Waals surface area contributed by atoms with Gasteiger partial charge in [0.1, 0.15) is 5.75 Å². The van der Waals surface area contributed by atoms with Gasteiger partial charge in [-0.3, -0.25) is 0 Å². The van der Waals surface area contributed by atoms with Gasteiger partial charge in [-0.05, 0) is 50.2 Å². The highest BCUT2D eigenvalue weighted by atomic mass is 16.5. The lowest BCUT2D eigenvalue weighted by atomic mass is 10.1. The van der Waals surface area contributed by atoms with Gasteiger partial charge in [0.05, 0.1) is 13.2 Å². The number of ether oxygens (including phenoxy) is 2. The molecule has 3 atom stereocenters. The van der Waals surface area contributed by atoms with E-state index < -0.39 is 0 Å². The van der Waals surface area contributed by atoms with Crippen molar-refractivity contribution in [2.45, 2.75) is 45.2 Å². The Balaban J connectivity index is 1.35. The second-order valence-electron chi connectivity index (χ2n) is 7.80. The SMILES string of the molecule is Cc1ccc(CNC(=O)N2C[C@H]3CC[C@H]2C3)c(OC[C@@H]2CCOC2)c1. The molecule has 2 aliphatic heterocycles. The van der Waals surface area contributed by atoms with E-state index in [1.165, 1.54) is 24.8 Å². The van der Waals surface area contributed by atoms with Crippen LogP contribution < -0.4 is 10.1 Å². The number of carbonyl (C=O) groups excluding carboxylic acids is 1. The number of nitrogens with one attached hydrogen (secondary N) is 1. The summed E-state index contributed by atoms with van der Waals surface area (Å²) >= 11 is 0. The van der Waals surface area contributed by atoms with Crippen molar-refractivity contribution < 1.29 is 14.3 Å². The summed E-state index contributed by atoms with van der Waals surface area (Å²) in [5, 5.41) is 3.10. The molecule has 3 fully saturated rings. The van der Waals surface area contributed by atoms with Gasteiger partial charge in [-0.25, -0.2) is 4.79 Å². The molecule has 25 heavy (non-hydrogen) atoms. The van der Waals surface area contributed by atoms with Crippen LogP contribution in [0.15, 0.2) is 18.2 Å². The van der Waals surface area contributed by atoms with Crippen molar-refractivity contribution in [1.29, 1.82) is 0 Å². The first kappa shape index (κ1) is 16.7. The molecule has 1 saturated carbocycles. The van der Waals surface area contributed by atoms with Crippen LogP contribution in [0.2, 0.25) is 0 Å². The topological polar surface area (TPSA) is 50.8 Å². The van der Waals surface area contributed by atoms with Gasteiger partial charge in [0.25, 0.3) is 0 Å². The summed E-state index contributed by atoms with van der Waals surface area (Å²) in [5.41, 5.74) is 2.21. The number of rotatable bonds is 5. The predicted molar refractivity (Wildman–Crippen MR) is 95.7 cm³/mol. The maximum Gasteiger partial charge on any atom is 0.317 e. The number of likely N-dealkylation sites (tertiary alicyclic amines) is 1. The molecule has 1 N–H and O–H groups in total. The molecule has 0 unspecified atom stereocenters. The van der Waals surface area contributed by atoms with Gasteiger partial charge in [0.15, 0.2) is 0 Å². The van der Waals surface area contributed by atoms with Crippen molar-refractivity contribution in [2.75, 3.05) is 26.4 Å². The number of piperidine rings is 1. The quantitative estimate of drug-likeness (QED) is 0.893. The highest BCUT2D eigenvalue weighted by Crippen LogP contribution is 2.37. The average Bonchev–Trinajstić information content (AvgIpc) is 3.36. The normalized spacial score (nSPS) is 27.7. The van der Waals surface area contributed by atoms with Crippen molar-refractivity contribution in [2.24, 2.45) is 11.8 Å². The molecule has 0 radical (unpaired) electrons. The van der Waals surface area contributed by atoms with Gasteiger partial charge >= 0.3 is 6.03 Å². The van der Waals surface area contributed by atoms with Crippen LogP contribution in [0.1, 0.15) is 36.8 Å². The Morgan fingerprint density at radius 3 is 3.00 bits per heavy atom. The van der Waals surface area contributed by atoms with E-state index in [9.17, 15) is 4.79 Å². The molecule has 2 bridgehead atoms. The minimum Gasteiger partial charge on any atom is -0.493 e. The Bertz CT molecular complexity index is 627. The molecule has 3 aliphatic rings. The fourth-order valence-electron chi connectivity index (χ4n) is 4.31. The van der Waals surface area contributed by atoms with Crippen LogP contribution in [0.3, 0.4) is 0 Å². The Morgan fingerprint density at radius 2 is 2.28 bits per heavy atom. The third-order valence-electron chi connectivity index (χ3n) is 5.82. The lowest BCUT2D eigenvalue weighted by Gasteiger charge is -2.27. The van der Waals surface area contributed by atoms with E-state index in [1.807, 2.05) is 4.90 Å². The summed E-state index contributed by atoms with van der Waals surface area (Å²) in [7, 11) is 0. The largest absolute Gasteiger partial charge is 0.493 e. The minimum atomic E-state index is 0.0721. The highest BCUT2D eigenvalue weighted by Gasteiger charge is 2.40. The van der Waals surface area contributed by atoms with Crippen molar-refractivity contribution in [3.8, 4) is 5.75 Å². The Kier molecular flexibility index (Phi) is 4.84. The fourth-order valence-corrected chi connectivity index (χ4v) is 4.31. The third-order valence-corrected chi connectivity index (χ3v) is 5.82. The molecule has 2 amide bonds. The van der Waals surface area contributed by atoms with Crippen LogP contribution in [0.4, 0.5) is 4.79 Å². The number of aryl methyl sites for hydroxylation is 1. The van der Waals surface area contributed by atoms with Gasteiger partial charge < -0.3 is 19.7 Å². The van der Waals surface area contributed by atoms with Crippen LogP contribution in [-0.4, -0.2) is 43.3 Å². The molecular formula is C20H28N2O3. The van der Waals surface area contributed by atoms with Crippen LogP contribution in [-0.2, 0) is 11.3 Å². The van der Waals surface area contributed by atoms with Crippen molar-refractivity contribution in [3.63, 3.8) is 0 Å². The smallest absolute Gasteiger partial charge is 0.317 e. The number of nitrogens with zero attached hydrogens (tertiary/aromatic N) is 1. The molecule has 5 heteroatoms. The van der Waals surface area contributed by atoms with E-state index in [0.717, 1.165) is 43.4 Å². The van der Waals surface area contributed by atoms with E-state index in [2.05, 4.69) is 30.4 Å². The zero-order valence-electron chi connectivity index (χ0n) is 15.0. The maximum absolute atomic E-state index is 12.5. The molecule has 5 nitrogen and oxygen atoms in total. The van der Waals surface area contributed by atoms with Gasteiger partial charge in [-0.15, -0.1) is 0 Å². The monoisotopic (exact) mass is 344 g/mol. The van der Waals surface area contributed by atoms with E-state index in [4.69, 9.17) is 9.47 Å².